The number of ether oxygens (including phenoxy) is 1. The van der Waals surface area contributed by atoms with E-state index < -0.39 is 5.91 Å². The van der Waals surface area contributed by atoms with Crippen molar-refractivity contribution in [2.75, 3.05) is 17.2 Å². The molecule has 0 saturated heterocycles. The molecule has 1 amide bonds. The molecule has 2 aromatic carbocycles. The predicted molar refractivity (Wildman–Crippen MR) is 108 cm³/mol. The fourth-order valence-electron chi connectivity index (χ4n) is 3.08. The first kappa shape index (κ1) is 19.7. The van der Waals surface area contributed by atoms with Crippen LogP contribution in [-0.2, 0) is 16.0 Å². The molecule has 29 heavy (non-hydrogen) atoms. The molecule has 0 aliphatic carbocycles. The zero-order chi connectivity index (χ0) is 21.1. The Morgan fingerprint density at radius 2 is 1.76 bits per heavy atom. The Morgan fingerprint density at radius 1 is 1.07 bits per heavy atom. The standard InChI is InChI=1S/C20H20N4O5/c21-13-6-10(7-14(22)19(13)24)20(27)18-12-5-4-11(28-9-25)8-16(12)29-15(18)2-1-3-17(23)26/h4-9H,1-3,21-22,24H2,(H2,23,26). The van der Waals surface area contributed by atoms with Gasteiger partial charge in [0.2, 0.25) is 5.91 Å². The number of hydrogen-bond donors (Lipinski definition) is 4. The minimum absolute atomic E-state index is 0.145. The quantitative estimate of drug-likeness (QED) is 0.253. The Morgan fingerprint density at radius 3 is 2.38 bits per heavy atom. The maximum absolute atomic E-state index is 13.3. The molecule has 0 fully saturated rings. The SMILES string of the molecule is NC(=O)CCCc1oc2cc(OC=O)ccc2c1C(=O)c1cc(N)c(N)c(N)c1. The number of primary amides is 1. The Kier molecular flexibility index (Phi) is 5.40. The number of carbonyl (C=O) groups excluding carboxylic acids is 3. The summed E-state index contributed by atoms with van der Waals surface area (Å²) in [6, 6.07) is 7.56. The van der Waals surface area contributed by atoms with Crippen molar-refractivity contribution in [3.05, 3.63) is 47.2 Å². The molecular formula is C20H20N4O5. The van der Waals surface area contributed by atoms with E-state index in [1.165, 1.54) is 18.2 Å². The monoisotopic (exact) mass is 396 g/mol. The number of amides is 1. The molecule has 3 aromatic rings. The molecule has 1 aromatic heterocycles. The molecule has 0 radical (unpaired) electrons. The van der Waals surface area contributed by atoms with Crippen LogP contribution in [0.25, 0.3) is 11.0 Å². The number of hydrogen-bond acceptors (Lipinski definition) is 8. The van der Waals surface area contributed by atoms with Crippen LogP contribution in [0.5, 0.6) is 5.75 Å². The van der Waals surface area contributed by atoms with Crippen LogP contribution < -0.4 is 27.7 Å². The van der Waals surface area contributed by atoms with E-state index in [0.29, 0.717) is 41.6 Å². The summed E-state index contributed by atoms with van der Waals surface area (Å²) in [6.07, 6.45) is 0.855. The number of aryl methyl sites for hydroxylation is 1. The predicted octanol–water partition coefficient (Wildman–Crippen LogP) is 1.75. The van der Waals surface area contributed by atoms with E-state index in [0.717, 1.165) is 0 Å². The number of nitrogen functional groups attached to an aromatic ring is 3. The average molecular weight is 396 g/mol. The van der Waals surface area contributed by atoms with Gasteiger partial charge in [0.1, 0.15) is 17.1 Å². The Bertz CT molecular complexity index is 1100. The van der Waals surface area contributed by atoms with Crippen molar-refractivity contribution in [2.24, 2.45) is 5.73 Å². The fourth-order valence-corrected chi connectivity index (χ4v) is 3.08. The number of anilines is 3. The molecule has 0 unspecified atom stereocenters. The maximum atomic E-state index is 13.3. The second-order valence-corrected chi connectivity index (χ2v) is 6.49. The molecule has 1 heterocycles. The molecule has 0 spiro atoms. The molecular weight excluding hydrogens is 376 g/mol. The zero-order valence-corrected chi connectivity index (χ0v) is 15.4. The Balaban J connectivity index is 2.10. The van der Waals surface area contributed by atoms with Crippen LogP contribution in [0.15, 0.2) is 34.7 Å². The minimum Gasteiger partial charge on any atom is -0.460 e. The smallest absolute Gasteiger partial charge is 0.298 e. The van der Waals surface area contributed by atoms with Gasteiger partial charge in [0, 0.05) is 29.9 Å². The lowest BCUT2D eigenvalue weighted by Crippen LogP contribution is -2.11. The van der Waals surface area contributed by atoms with E-state index in [-0.39, 0.29) is 40.6 Å². The van der Waals surface area contributed by atoms with Crippen LogP contribution >= 0.6 is 0 Å². The van der Waals surface area contributed by atoms with Gasteiger partial charge in [-0.1, -0.05) is 0 Å². The second kappa shape index (κ2) is 7.93. The third-order valence-electron chi connectivity index (χ3n) is 4.48. The number of nitrogens with two attached hydrogens (primary N) is 4. The third-order valence-corrected chi connectivity index (χ3v) is 4.48. The van der Waals surface area contributed by atoms with Gasteiger partial charge in [0.05, 0.1) is 22.6 Å². The van der Waals surface area contributed by atoms with Gasteiger partial charge < -0.3 is 32.1 Å². The van der Waals surface area contributed by atoms with Crippen molar-refractivity contribution in [2.45, 2.75) is 19.3 Å². The summed E-state index contributed by atoms with van der Waals surface area (Å²) in [6.45, 7) is 0.296. The Labute approximate surface area is 165 Å². The molecule has 3 rings (SSSR count). The highest BCUT2D eigenvalue weighted by Gasteiger charge is 2.23. The molecule has 0 aliphatic heterocycles. The second-order valence-electron chi connectivity index (χ2n) is 6.49. The van der Waals surface area contributed by atoms with Crippen LogP contribution in [-0.4, -0.2) is 18.2 Å². The first-order valence-electron chi connectivity index (χ1n) is 8.75. The lowest BCUT2D eigenvalue weighted by atomic mass is 9.97. The molecule has 9 nitrogen and oxygen atoms in total. The summed E-state index contributed by atoms with van der Waals surface area (Å²) in [5, 5.41) is 0.524. The highest BCUT2D eigenvalue weighted by atomic mass is 16.5. The fraction of sp³-hybridized carbons (Fsp3) is 0.150. The van der Waals surface area contributed by atoms with Crippen LogP contribution in [0.4, 0.5) is 17.1 Å². The third kappa shape index (κ3) is 3.98. The van der Waals surface area contributed by atoms with Gasteiger partial charge >= 0.3 is 0 Å². The average Bonchev–Trinajstić information content (AvgIpc) is 3.02. The van der Waals surface area contributed by atoms with Crippen molar-refractivity contribution >= 4 is 46.2 Å². The number of fused-ring (bicyclic) bond motifs is 1. The zero-order valence-electron chi connectivity index (χ0n) is 15.4. The summed E-state index contributed by atoms with van der Waals surface area (Å²) in [4.78, 5) is 34.9. The van der Waals surface area contributed by atoms with Gasteiger partial charge in [0.25, 0.3) is 6.47 Å². The summed E-state index contributed by atoms with van der Waals surface area (Å²) in [7, 11) is 0. The highest BCUT2D eigenvalue weighted by Crippen LogP contribution is 2.33. The van der Waals surface area contributed by atoms with Gasteiger partial charge in [-0.3, -0.25) is 14.4 Å². The number of furan rings is 1. The summed E-state index contributed by atoms with van der Waals surface area (Å²) < 4.78 is 10.7. The minimum atomic E-state index is -0.449. The lowest BCUT2D eigenvalue weighted by Gasteiger charge is -2.08. The number of rotatable bonds is 8. The van der Waals surface area contributed by atoms with E-state index in [9.17, 15) is 14.4 Å². The molecule has 9 heteroatoms. The van der Waals surface area contributed by atoms with E-state index in [1.54, 1.807) is 12.1 Å². The van der Waals surface area contributed by atoms with Crippen molar-refractivity contribution in [1.29, 1.82) is 0 Å². The Hall–Kier alpha value is -4.01. The van der Waals surface area contributed by atoms with Crippen molar-refractivity contribution in [3.63, 3.8) is 0 Å². The maximum Gasteiger partial charge on any atom is 0.298 e. The van der Waals surface area contributed by atoms with Gasteiger partial charge in [-0.15, -0.1) is 0 Å². The molecule has 0 bridgehead atoms. The molecule has 0 saturated carbocycles. The molecule has 150 valence electrons. The normalized spacial score (nSPS) is 10.8. The van der Waals surface area contributed by atoms with Crippen LogP contribution in [0.1, 0.15) is 34.5 Å². The number of carbonyl (C=O) groups is 3. The largest absolute Gasteiger partial charge is 0.460 e. The molecule has 0 aliphatic rings. The summed E-state index contributed by atoms with van der Waals surface area (Å²) in [5.74, 6) is -0.164. The topological polar surface area (TPSA) is 178 Å². The molecule has 8 N–H and O–H groups in total. The first-order chi connectivity index (χ1) is 13.8. The number of ketones is 1. The van der Waals surface area contributed by atoms with E-state index in [1.807, 2.05) is 0 Å². The van der Waals surface area contributed by atoms with Gasteiger partial charge in [-0.25, -0.2) is 0 Å². The molecule has 0 atom stereocenters. The van der Waals surface area contributed by atoms with Gasteiger partial charge in [-0.05, 0) is 30.7 Å². The van der Waals surface area contributed by atoms with Crippen LogP contribution in [0.3, 0.4) is 0 Å². The van der Waals surface area contributed by atoms with E-state index in [2.05, 4.69) is 0 Å². The summed E-state index contributed by atoms with van der Waals surface area (Å²) >= 11 is 0. The van der Waals surface area contributed by atoms with E-state index >= 15 is 0 Å². The number of benzene rings is 2. The van der Waals surface area contributed by atoms with Crippen LogP contribution in [0.2, 0.25) is 0 Å². The van der Waals surface area contributed by atoms with E-state index in [4.69, 9.17) is 32.1 Å². The summed E-state index contributed by atoms with van der Waals surface area (Å²) in [5.41, 5.74) is 24.2. The lowest BCUT2D eigenvalue weighted by molar-refractivity contribution is -0.121. The van der Waals surface area contributed by atoms with Crippen molar-refractivity contribution < 1.29 is 23.5 Å². The van der Waals surface area contributed by atoms with Gasteiger partial charge in [-0.2, -0.15) is 0 Å². The van der Waals surface area contributed by atoms with Crippen LogP contribution in [0, 0.1) is 0 Å². The first-order valence-corrected chi connectivity index (χ1v) is 8.75. The van der Waals surface area contributed by atoms with Crippen molar-refractivity contribution in [3.8, 4) is 5.75 Å². The van der Waals surface area contributed by atoms with Gasteiger partial charge in [0.15, 0.2) is 5.78 Å². The highest BCUT2D eigenvalue weighted by molar-refractivity contribution is 6.18. The van der Waals surface area contributed by atoms with Crippen molar-refractivity contribution in [1.82, 2.24) is 0 Å².